The molecule has 0 bridgehead atoms. The molecule has 0 spiro atoms. The first kappa shape index (κ1) is 12.6. The van der Waals surface area contributed by atoms with Crippen LogP contribution in [0, 0.1) is 0 Å². The van der Waals surface area contributed by atoms with Crippen molar-refractivity contribution in [1.82, 2.24) is 4.90 Å². The van der Waals surface area contributed by atoms with Crippen LogP contribution in [-0.2, 0) is 0 Å². The molecule has 0 radical (unpaired) electrons. The van der Waals surface area contributed by atoms with Gasteiger partial charge in [-0.05, 0) is 45.9 Å². The van der Waals surface area contributed by atoms with Crippen LogP contribution in [0.25, 0.3) is 0 Å². The van der Waals surface area contributed by atoms with E-state index in [1.54, 1.807) is 11.0 Å². The topological polar surface area (TPSA) is 58.7 Å². The van der Waals surface area contributed by atoms with Gasteiger partial charge in [0.05, 0.1) is 5.56 Å². The van der Waals surface area contributed by atoms with Crippen molar-refractivity contribution in [2.24, 2.45) is 4.99 Å². The predicted molar refractivity (Wildman–Crippen MR) is 73.8 cm³/mol. The van der Waals surface area contributed by atoms with Gasteiger partial charge in [-0.2, -0.15) is 0 Å². The van der Waals surface area contributed by atoms with Crippen molar-refractivity contribution in [2.45, 2.75) is 39.8 Å². The molecule has 0 aromatic heterocycles. The highest BCUT2D eigenvalue weighted by Gasteiger charge is 2.35. The Hall–Kier alpha value is -1.84. The number of fused-ring (bicyclic) bond motifs is 1. The average Bonchev–Trinajstić information content (AvgIpc) is 2.51. The third-order valence-electron chi connectivity index (χ3n) is 2.86. The zero-order valence-electron chi connectivity index (χ0n) is 11.3. The van der Waals surface area contributed by atoms with Gasteiger partial charge in [0.15, 0.2) is 0 Å². The summed E-state index contributed by atoms with van der Waals surface area (Å²) in [4.78, 5) is 18.7. The minimum absolute atomic E-state index is 0.00769. The summed E-state index contributed by atoms with van der Waals surface area (Å²) in [6.07, 6.45) is 0. The largest absolute Gasteiger partial charge is 0.399 e. The van der Waals surface area contributed by atoms with Crippen molar-refractivity contribution in [3.05, 3.63) is 29.3 Å². The van der Waals surface area contributed by atoms with Crippen LogP contribution in [0.1, 0.15) is 43.6 Å². The lowest BCUT2D eigenvalue weighted by atomic mass is 10.1. The van der Waals surface area contributed by atoms with Crippen LogP contribution >= 0.6 is 0 Å². The number of hydrogen-bond donors (Lipinski definition) is 1. The van der Waals surface area contributed by atoms with E-state index in [1.165, 1.54) is 0 Å². The van der Waals surface area contributed by atoms with E-state index in [0.717, 1.165) is 11.4 Å². The van der Waals surface area contributed by atoms with E-state index in [9.17, 15) is 4.79 Å². The van der Waals surface area contributed by atoms with Crippen LogP contribution in [0.3, 0.4) is 0 Å². The van der Waals surface area contributed by atoms with E-state index >= 15 is 0 Å². The summed E-state index contributed by atoms with van der Waals surface area (Å²) in [7, 11) is 0. The van der Waals surface area contributed by atoms with Crippen molar-refractivity contribution in [3.63, 3.8) is 0 Å². The standard InChI is InChI=1S/C14H19N3O/c1-8(2)16-13-11-6-5-10(15)7-12(11)14(18)17(13)9(3)4/h5-9H,15H2,1-4H3. The fraction of sp³-hybridized carbons (Fsp3) is 0.429. The van der Waals surface area contributed by atoms with E-state index in [-0.39, 0.29) is 18.0 Å². The monoisotopic (exact) mass is 245 g/mol. The third-order valence-corrected chi connectivity index (χ3v) is 2.86. The average molecular weight is 245 g/mol. The number of rotatable bonds is 2. The van der Waals surface area contributed by atoms with E-state index in [1.807, 2.05) is 39.8 Å². The Balaban J connectivity index is 2.60. The number of nitrogen functional groups attached to an aromatic ring is 1. The zero-order valence-corrected chi connectivity index (χ0v) is 11.3. The molecule has 1 aromatic carbocycles. The molecule has 0 unspecified atom stereocenters. The van der Waals surface area contributed by atoms with Crippen LogP contribution < -0.4 is 5.73 Å². The molecule has 0 saturated heterocycles. The number of nitrogens with two attached hydrogens (primary N) is 1. The minimum Gasteiger partial charge on any atom is -0.399 e. The van der Waals surface area contributed by atoms with Gasteiger partial charge < -0.3 is 5.73 Å². The van der Waals surface area contributed by atoms with Gasteiger partial charge in [0, 0.05) is 23.3 Å². The lowest BCUT2D eigenvalue weighted by Crippen LogP contribution is -2.37. The number of carbonyl (C=O) groups is 1. The normalized spacial score (nSPS) is 17.1. The number of anilines is 1. The molecule has 2 rings (SSSR count). The molecule has 1 heterocycles. The highest BCUT2D eigenvalue weighted by Crippen LogP contribution is 2.27. The molecule has 1 aromatic rings. The van der Waals surface area contributed by atoms with Gasteiger partial charge in [0.25, 0.3) is 5.91 Å². The summed E-state index contributed by atoms with van der Waals surface area (Å²) < 4.78 is 0. The number of amidine groups is 1. The van der Waals surface area contributed by atoms with E-state index in [4.69, 9.17) is 5.73 Å². The molecule has 1 aliphatic rings. The van der Waals surface area contributed by atoms with Gasteiger partial charge in [-0.1, -0.05) is 0 Å². The Morgan fingerprint density at radius 2 is 1.83 bits per heavy atom. The first-order chi connectivity index (χ1) is 8.41. The molecule has 96 valence electrons. The Kier molecular flexibility index (Phi) is 3.11. The Bertz CT molecular complexity index is 518. The second-order valence-corrected chi connectivity index (χ2v) is 5.12. The van der Waals surface area contributed by atoms with Crippen LogP contribution in [0.4, 0.5) is 5.69 Å². The minimum atomic E-state index is -0.00769. The summed E-state index contributed by atoms with van der Waals surface area (Å²) in [5.41, 5.74) is 7.90. The van der Waals surface area contributed by atoms with Crippen molar-refractivity contribution in [2.75, 3.05) is 5.73 Å². The second-order valence-electron chi connectivity index (χ2n) is 5.12. The second kappa shape index (κ2) is 4.44. The molecule has 4 heteroatoms. The zero-order chi connectivity index (χ0) is 13.4. The lowest BCUT2D eigenvalue weighted by Gasteiger charge is -2.22. The summed E-state index contributed by atoms with van der Waals surface area (Å²) in [6, 6.07) is 5.66. The van der Waals surface area contributed by atoms with E-state index in [0.29, 0.717) is 11.3 Å². The molecular formula is C14H19N3O. The van der Waals surface area contributed by atoms with Gasteiger partial charge in [0.2, 0.25) is 0 Å². The Morgan fingerprint density at radius 3 is 2.39 bits per heavy atom. The molecule has 1 aliphatic heterocycles. The van der Waals surface area contributed by atoms with Crippen molar-refractivity contribution < 1.29 is 4.79 Å². The number of nitrogens with zero attached hydrogens (tertiary/aromatic N) is 2. The third kappa shape index (κ3) is 1.98. The number of benzene rings is 1. The van der Waals surface area contributed by atoms with Gasteiger partial charge in [0.1, 0.15) is 5.84 Å². The molecular weight excluding hydrogens is 226 g/mol. The van der Waals surface area contributed by atoms with E-state index in [2.05, 4.69) is 4.99 Å². The van der Waals surface area contributed by atoms with Crippen molar-refractivity contribution in [1.29, 1.82) is 0 Å². The summed E-state index contributed by atoms with van der Waals surface area (Å²) in [6.45, 7) is 7.99. The Labute approximate surface area is 108 Å². The summed E-state index contributed by atoms with van der Waals surface area (Å²) in [5, 5.41) is 0. The van der Waals surface area contributed by atoms with Gasteiger partial charge in [-0.3, -0.25) is 14.7 Å². The highest BCUT2D eigenvalue weighted by molar-refractivity contribution is 6.23. The fourth-order valence-electron chi connectivity index (χ4n) is 2.14. The van der Waals surface area contributed by atoms with E-state index < -0.39 is 0 Å². The lowest BCUT2D eigenvalue weighted by molar-refractivity contribution is 0.0832. The highest BCUT2D eigenvalue weighted by atomic mass is 16.2. The van der Waals surface area contributed by atoms with Crippen LogP contribution in [0.5, 0.6) is 0 Å². The number of carbonyl (C=O) groups excluding carboxylic acids is 1. The first-order valence-electron chi connectivity index (χ1n) is 6.23. The molecule has 18 heavy (non-hydrogen) atoms. The van der Waals surface area contributed by atoms with Gasteiger partial charge in [-0.25, -0.2) is 0 Å². The van der Waals surface area contributed by atoms with Crippen LogP contribution in [-0.4, -0.2) is 28.7 Å². The molecule has 0 atom stereocenters. The van der Waals surface area contributed by atoms with Crippen molar-refractivity contribution >= 4 is 17.4 Å². The summed E-state index contributed by atoms with van der Waals surface area (Å²) in [5.74, 6) is 0.756. The number of amides is 1. The maximum Gasteiger partial charge on any atom is 0.260 e. The SMILES string of the molecule is CC(C)N=C1c2ccc(N)cc2C(=O)N1C(C)C. The van der Waals surface area contributed by atoms with Crippen molar-refractivity contribution in [3.8, 4) is 0 Å². The molecule has 0 aliphatic carbocycles. The smallest absolute Gasteiger partial charge is 0.260 e. The maximum atomic E-state index is 12.4. The van der Waals surface area contributed by atoms with Gasteiger partial charge in [-0.15, -0.1) is 0 Å². The van der Waals surface area contributed by atoms with Gasteiger partial charge >= 0.3 is 0 Å². The fourth-order valence-corrected chi connectivity index (χ4v) is 2.14. The van der Waals surface area contributed by atoms with Crippen LogP contribution in [0.15, 0.2) is 23.2 Å². The predicted octanol–water partition coefficient (Wildman–Crippen LogP) is 2.29. The first-order valence-corrected chi connectivity index (χ1v) is 6.23. The molecule has 2 N–H and O–H groups in total. The number of hydrogen-bond acceptors (Lipinski definition) is 3. The molecule has 0 saturated carbocycles. The van der Waals surface area contributed by atoms with Crippen LogP contribution in [0.2, 0.25) is 0 Å². The molecule has 1 amide bonds. The molecule has 4 nitrogen and oxygen atoms in total. The quantitative estimate of drug-likeness (QED) is 0.813. The molecule has 0 fully saturated rings. The Morgan fingerprint density at radius 1 is 1.17 bits per heavy atom. The number of aliphatic imine (C=N–C) groups is 1. The maximum absolute atomic E-state index is 12.4. The summed E-state index contributed by atoms with van der Waals surface area (Å²) >= 11 is 0.